The van der Waals surface area contributed by atoms with E-state index in [2.05, 4.69) is 22.9 Å². The topological polar surface area (TPSA) is 26.3 Å². The summed E-state index contributed by atoms with van der Waals surface area (Å²) in [7, 11) is 0. The molecule has 0 heterocycles. The SMILES string of the molecule is CCCCCCCCCCOC(=O)CCCCCCCBr. The summed E-state index contributed by atoms with van der Waals surface area (Å²) in [6, 6.07) is 0. The Hall–Kier alpha value is -0.0500. The first-order valence-corrected chi connectivity index (χ1v) is 10.1. The molecule has 0 aliphatic rings. The minimum absolute atomic E-state index is 0.00145. The maximum atomic E-state index is 11.5. The molecule has 0 amide bonds. The van der Waals surface area contributed by atoms with Gasteiger partial charge in [-0.3, -0.25) is 4.79 Å². The van der Waals surface area contributed by atoms with Gasteiger partial charge in [-0.05, 0) is 19.3 Å². The second-order valence-corrected chi connectivity index (χ2v) is 6.70. The quantitative estimate of drug-likeness (QED) is 0.180. The van der Waals surface area contributed by atoms with Crippen molar-refractivity contribution in [2.75, 3.05) is 11.9 Å². The van der Waals surface area contributed by atoms with Gasteiger partial charge in [0.15, 0.2) is 0 Å². The van der Waals surface area contributed by atoms with E-state index in [1.165, 1.54) is 64.2 Å². The number of carbonyl (C=O) groups is 1. The van der Waals surface area contributed by atoms with Gasteiger partial charge in [-0.15, -0.1) is 0 Å². The molecule has 0 N–H and O–H groups in total. The van der Waals surface area contributed by atoms with Gasteiger partial charge in [0.25, 0.3) is 0 Å². The molecule has 0 unspecified atom stereocenters. The Balaban J connectivity index is 3.12. The summed E-state index contributed by atoms with van der Waals surface area (Å²) in [6.45, 7) is 2.87. The van der Waals surface area contributed by atoms with E-state index in [0.29, 0.717) is 13.0 Å². The summed E-state index contributed by atoms with van der Waals surface area (Å²) in [6.07, 6.45) is 16.8. The molecule has 0 radical (unpaired) electrons. The first kappa shape index (κ1) is 20.9. The largest absolute Gasteiger partial charge is 0.466 e. The first-order chi connectivity index (χ1) is 10.3. The molecule has 21 heavy (non-hydrogen) atoms. The van der Waals surface area contributed by atoms with Crippen molar-refractivity contribution in [1.82, 2.24) is 0 Å². The van der Waals surface area contributed by atoms with E-state index in [1.807, 2.05) is 0 Å². The third-order valence-electron chi connectivity index (χ3n) is 3.78. The van der Waals surface area contributed by atoms with Gasteiger partial charge in [0.05, 0.1) is 6.61 Å². The van der Waals surface area contributed by atoms with Crippen molar-refractivity contribution in [3.63, 3.8) is 0 Å². The number of halogens is 1. The molecule has 126 valence electrons. The van der Waals surface area contributed by atoms with Crippen molar-refractivity contribution in [2.24, 2.45) is 0 Å². The van der Waals surface area contributed by atoms with Crippen LogP contribution in [0.1, 0.15) is 96.8 Å². The van der Waals surface area contributed by atoms with Crippen LogP contribution in [0, 0.1) is 0 Å². The molecular formula is C18H35BrO2. The Kier molecular flexibility index (Phi) is 18.0. The Morgan fingerprint density at radius 3 is 1.90 bits per heavy atom. The van der Waals surface area contributed by atoms with Crippen molar-refractivity contribution >= 4 is 21.9 Å². The maximum Gasteiger partial charge on any atom is 0.305 e. The van der Waals surface area contributed by atoms with Crippen LogP contribution in [0.15, 0.2) is 0 Å². The zero-order valence-corrected chi connectivity index (χ0v) is 15.6. The molecule has 0 rings (SSSR count). The highest BCUT2D eigenvalue weighted by atomic mass is 79.9. The summed E-state index contributed by atoms with van der Waals surface area (Å²) in [5.41, 5.74) is 0. The number of hydrogen-bond acceptors (Lipinski definition) is 2. The van der Waals surface area contributed by atoms with Gasteiger partial charge < -0.3 is 4.74 Å². The summed E-state index contributed by atoms with van der Waals surface area (Å²) >= 11 is 3.43. The van der Waals surface area contributed by atoms with E-state index < -0.39 is 0 Å². The lowest BCUT2D eigenvalue weighted by Gasteiger charge is -2.05. The minimum atomic E-state index is -0.00145. The second-order valence-electron chi connectivity index (χ2n) is 5.90. The third-order valence-corrected chi connectivity index (χ3v) is 4.34. The molecule has 0 spiro atoms. The zero-order valence-electron chi connectivity index (χ0n) is 14.0. The average molecular weight is 363 g/mol. The number of alkyl halides is 1. The summed E-state index contributed by atoms with van der Waals surface area (Å²) < 4.78 is 5.27. The standard InChI is InChI=1S/C18H35BrO2/c1-2-3-4-5-6-7-11-14-17-21-18(20)15-12-9-8-10-13-16-19/h2-17H2,1H3. The van der Waals surface area contributed by atoms with E-state index in [9.17, 15) is 4.79 Å². The molecule has 0 saturated carbocycles. The van der Waals surface area contributed by atoms with Crippen LogP contribution in [0.25, 0.3) is 0 Å². The highest BCUT2D eigenvalue weighted by molar-refractivity contribution is 9.09. The molecule has 0 fully saturated rings. The molecule has 0 saturated heterocycles. The van der Waals surface area contributed by atoms with Crippen LogP contribution in [0.5, 0.6) is 0 Å². The Morgan fingerprint density at radius 1 is 0.762 bits per heavy atom. The van der Waals surface area contributed by atoms with Crippen molar-refractivity contribution in [1.29, 1.82) is 0 Å². The molecule has 2 nitrogen and oxygen atoms in total. The van der Waals surface area contributed by atoms with Crippen molar-refractivity contribution in [2.45, 2.75) is 96.8 Å². The second kappa shape index (κ2) is 18.0. The Morgan fingerprint density at radius 2 is 1.29 bits per heavy atom. The highest BCUT2D eigenvalue weighted by Crippen LogP contribution is 2.09. The van der Waals surface area contributed by atoms with Gasteiger partial charge in [-0.25, -0.2) is 0 Å². The summed E-state index contributed by atoms with van der Waals surface area (Å²) in [4.78, 5) is 11.5. The van der Waals surface area contributed by atoms with Crippen LogP contribution in [0.4, 0.5) is 0 Å². The zero-order chi connectivity index (χ0) is 15.6. The molecule has 0 aliphatic carbocycles. The predicted molar refractivity (Wildman–Crippen MR) is 95.1 cm³/mol. The number of hydrogen-bond donors (Lipinski definition) is 0. The van der Waals surface area contributed by atoms with Crippen LogP contribution in [-0.2, 0) is 9.53 Å². The average Bonchev–Trinajstić information content (AvgIpc) is 2.49. The number of unbranched alkanes of at least 4 members (excludes halogenated alkanes) is 11. The van der Waals surface area contributed by atoms with Crippen LogP contribution < -0.4 is 0 Å². The smallest absolute Gasteiger partial charge is 0.305 e. The number of ether oxygens (including phenoxy) is 1. The van der Waals surface area contributed by atoms with Gasteiger partial charge in [0.2, 0.25) is 0 Å². The highest BCUT2D eigenvalue weighted by Gasteiger charge is 2.02. The fourth-order valence-corrected chi connectivity index (χ4v) is 2.78. The van der Waals surface area contributed by atoms with Crippen LogP contribution in [0.3, 0.4) is 0 Å². The monoisotopic (exact) mass is 362 g/mol. The van der Waals surface area contributed by atoms with Crippen molar-refractivity contribution in [3.8, 4) is 0 Å². The van der Waals surface area contributed by atoms with Gasteiger partial charge in [-0.1, -0.05) is 87.1 Å². The lowest BCUT2D eigenvalue weighted by atomic mass is 10.1. The molecule has 3 heteroatoms. The molecule has 0 aromatic carbocycles. The first-order valence-electron chi connectivity index (χ1n) is 9.02. The fourth-order valence-electron chi connectivity index (χ4n) is 2.39. The number of carbonyl (C=O) groups excluding carboxylic acids is 1. The van der Waals surface area contributed by atoms with Crippen LogP contribution in [0.2, 0.25) is 0 Å². The number of esters is 1. The van der Waals surface area contributed by atoms with Gasteiger partial charge >= 0.3 is 5.97 Å². The van der Waals surface area contributed by atoms with Gasteiger partial charge in [-0.2, -0.15) is 0 Å². The van der Waals surface area contributed by atoms with Crippen LogP contribution in [-0.4, -0.2) is 17.9 Å². The van der Waals surface area contributed by atoms with Gasteiger partial charge in [0, 0.05) is 11.8 Å². The molecule has 0 aromatic rings. The number of rotatable bonds is 16. The van der Waals surface area contributed by atoms with E-state index in [1.54, 1.807) is 0 Å². The van der Waals surface area contributed by atoms with E-state index in [-0.39, 0.29) is 5.97 Å². The lowest BCUT2D eigenvalue weighted by Crippen LogP contribution is -2.05. The summed E-state index contributed by atoms with van der Waals surface area (Å²) in [5, 5.41) is 1.09. The molecule has 0 bridgehead atoms. The molecule has 0 atom stereocenters. The molecule has 0 aliphatic heterocycles. The van der Waals surface area contributed by atoms with E-state index in [0.717, 1.165) is 24.6 Å². The normalized spacial score (nSPS) is 10.8. The van der Waals surface area contributed by atoms with E-state index in [4.69, 9.17) is 4.74 Å². The Labute approximate surface area is 140 Å². The molecular weight excluding hydrogens is 328 g/mol. The molecule has 0 aromatic heterocycles. The maximum absolute atomic E-state index is 11.5. The lowest BCUT2D eigenvalue weighted by molar-refractivity contribution is -0.143. The predicted octanol–water partition coefficient (Wildman–Crippen LogP) is 6.41. The minimum Gasteiger partial charge on any atom is -0.466 e. The fraction of sp³-hybridized carbons (Fsp3) is 0.944. The van der Waals surface area contributed by atoms with Crippen molar-refractivity contribution < 1.29 is 9.53 Å². The summed E-state index contributed by atoms with van der Waals surface area (Å²) in [5.74, 6) is -0.00145. The van der Waals surface area contributed by atoms with Crippen LogP contribution >= 0.6 is 15.9 Å². The van der Waals surface area contributed by atoms with Gasteiger partial charge in [0.1, 0.15) is 0 Å². The Bertz CT molecular complexity index is 219. The third kappa shape index (κ3) is 17.9. The van der Waals surface area contributed by atoms with Crippen molar-refractivity contribution in [3.05, 3.63) is 0 Å². The van der Waals surface area contributed by atoms with E-state index >= 15 is 0 Å².